The minimum Gasteiger partial charge on any atom is -0.355 e. The molecule has 1 atom stereocenters. The summed E-state index contributed by atoms with van der Waals surface area (Å²) >= 11 is 0. The smallest absolute Gasteiger partial charge is 0.266 e. The van der Waals surface area contributed by atoms with Gasteiger partial charge in [-0.25, -0.2) is 13.4 Å². The van der Waals surface area contributed by atoms with Crippen molar-refractivity contribution in [2.24, 2.45) is 5.92 Å². The maximum Gasteiger partial charge on any atom is 0.266 e. The summed E-state index contributed by atoms with van der Waals surface area (Å²) in [5, 5.41) is 0. The number of carbonyl (C=O) groups excluding carboxylic acids is 1. The molecule has 34 heavy (non-hydrogen) atoms. The lowest BCUT2D eigenvalue weighted by atomic mass is 9.90. The molecule has 1 aliphatic rings. The van der Waals surface area contributed by atoms with Crippen LogP contribution in [0.15, 0.2) is 58.4 Å². The number of para-hydroxylation sites is 1. The van der Waals surface area contributed by atoms with Crippen molar-refractivity contribution in [3.63, 3.8) is 0 Å². The van der Waals surface area contributed by atoms with Crippen LogP contribution in [0.1, 0.15) is 44.0 Å². The summed E-state index contributed by atoms with van der Waals surface area (Å²) in [6.07, 6.45) is 2.74. The molecular weight excluding hydrogens is 456 g/mol. The second-order valence-electron chi connectivity index (χ2n) is 9.22. The Morgan fingerprint density at radius 3 is 2.62 bits per heavy atom. The van der Waals surface area contributed by atoms with Crippen LogP contribution in [0.3, 0.4) is 0 Å². The van der Waals surface area contributed by atoms with Crippen molar-refractivity contribution in [3.8, 4) is 0 Å². The fraction of sp³-hybridized carbons (Fsp3) is 0.375. The quantitative estimate of drug-likeness (QED) is 0.553. The van der Waals surface area contributed by atoms with Gasteiger partial charge in [-0.05, 0) is 62.1 Å². The zero-order valence-corrected chi connectivity index (χ0v) is 20.2. The number of carbonyl (C=O) groups is 1. The van der Waals surface area contributed by atoms with Crippen molar-refractivity contribution in [1.29, 1.82) is 0 Å². The lowest BCUT2D eigenvalue weighted by molar-refractivity contribution is -0.124. The summed E-state index contributed by atoms with van der Waals surface area (Å²) in [6.45, 7) is 7.22. The van der Waals surface area contributed by atoms with Crippen LogP contribution in [0, 0.1) is 5.92 Å². The molecule has 0 radical (unpaired) electrons. The number of anilines is 1. The number of aromatic amines is 1. The number of rotatable bonds is 6. The van der Waals surface area contributed by atoms with E-state index in [4.69, 9.17) is 4.74 Å². The van der Waals surface area contributed by atoms with E-state index in [1.54, 1.807) is 35.2 Å². The fourth-order valence-corrected chi connectivity index (χ4v) is 5.49. The zero-order valence-electron chi connectivity index (χ0n) is 19.4. The van der Waals surface area contributed by atoms with Crippen LogP contribution in [0.4, 0.5) is 5.69 Å². The van der Waals surface area contributed by atoms with Crippen molar-refractivity contribution < 1.29 is 17.9 Å². The van der Waals surface area contributed by atoms with Crippen LogP contribution < -0.4 is 10.3 Å². The number of benzene rings is 2. The van der Waals surface area contributed by atoms with Gasteiger partial charge in [-0.2, -0.15) is 0 Å². The number of sulfonamides is 1. The van der Waals surface area contributed by atoms with Gasteiger partial charge >= 0.3 is 0 Å². The Bertz CT molecular complexity index is 1360. The monoisotopic (exact) mass is 484 g/mol. The first-order valence-electron chi connectivity index (χ1n) is 11.1. The molecule has 1 saturated heterocycles. The van der Waals surface area contributed by atoms with E-state index in [9.17, 15) is 18.0 Å². The molecule has 10 heteroatoms. The van der Waals surface area contributed by atoms with Gasteiger partial charge in [-0.15, -0.1) is 0 Å². The predicted octanol–water partition coefficient (Wildman–Crippen LogP) is 3.35. The maximum absolute atomic E-state index is 13.0. The molecule has 0 saturated carbocycles. The van der Waals surface area contributed by atoms with Crippen molar-refractivity contribution in [2.75, 3.05) is 18.0 Å². The van der Waals surface area contributed by atoms with E-state index in [0.29, 0.717) is 29.2 Å². The Morgan fingerprint density at radius 2 is 1.97 bits per heavy atom. The fourth-order valence-electron chi connectivity index (χ4n) is 4.26. The average Bonchev–Trinajstić information content (AvgIpc) is 2.78. The minimum atomic E-state index is -3.98. The lowest BCUT2D eigenvalue weighted by Crippen LogP contribution is -2.47. The minimum absolute atomic E-state index is 0.0590. The average molecular weight is 485 g/mol. The van der Waals surface area contributed by atoms with Gasteiger partial charge in [0, 0.05) is 17.8 Å². The molecule has 1 fully saturated rings. The molecule has 1 unspecified atom stereocenters. The zero-order chi connectivity index (χ0) is 24.5. The molecule has 4 rings (SSSR count). The van der Waals surface area contributed by atoms with Crippen LogP contribution in [0.25, 0.3) is 11.0 Å². The number of nitrogens with zero attached hydrogens (tertiary/aromatic N) is 2. The number of fused-ring (bicyclic) bond motifs is 1. The van der Waals surface area contributed by atoms with Crippen LogP contribution in [-0.2, 0) is 14.8 Å². The topological polar surface area (TPSA) is 121 Å². The standard InChI is InChI=1S/C24H28N4O5S/c1-16(2)13-24(3)11-12-28(15-33-24)23(30)17-7-9-18(10-8-17)27-34(31,32)20-6-4-5-19-22(20)25-14-21(29)26-19/h4-10,14,16,27H,11-13,15H2,1-3H3,(H,26,29). The number of ether oxygens (including phenoxy) is 1. The molecule has 1 aliphatic heterocycles. The van der Waals surface area contributed by atoms with E-state index in [-0.39, 0.29) is 28.7 Å². The van der Waals surface area contributed by atoms with E-state index >= 15 is 0 Å². The SMILES string of the molecule is CC(C)CC1(C)CCN(C(=O)c2ccc(NS(=O)(=O)c3cccc4[nH]c(=O)cnc34)cc2)CO1. The predicted molar refractivity (Wildman–Crippen MR) is 129 cm³/mol. The third-order valence-corrected chi connectivity index (χ3v) is 7.26. The summed E-state index contributed by atoms with van der Waals surface area (Å²) in [6, 6.07) is 10.8. The molecule has 2 heterocycles. The van der Waals surface area contributed by atoms with Crippen LogP contribution in [-0.4, -0.2) is 48.1 Å². The van der Waals surface area contributed by atoms with Gasteiger partial charge in [-0.3, -0.25) is 14.3 Å². The third-order valence-electron chi connectivity index (χ3n) is 5.85. The van der Waals surface area contributed by atoms with E-state index in [1.807, 2.05) is 0 Å². The normalized spacial score (nSPS) is 18.9. The number of aromatic nitrogens is 2. The number of nitrogens with one attached hydrogen (secondary N) is 2. The molecule has 0 bridgehead atoms. The van der Waals surface area contributed by atoms with E-state index < -0.39 is 15.6 Å². The van der Waals surface area contributed by atoms with E-state index in [1.165, 1.54) is 12.1 Å². The van der Waals surface area contributed by atoms with Gasteiger partial charge < -0.3 is 14.6 Å². The first kappa shape index (κ1) is 23.9. The molecule has 180 valence electrons. The number of amides is 1. The van der Waals surface area contributed by atoms with Crippen molar-refractivity contribution >= 4 is 32.7 Å². The first-order valence-corrected chi connectivity index (χ1v) is 12.6. The second kappa shape index (κ2) is 9.19. The van der Waals surface area contributed by atoms with Crippen LogP contribution >= 0.6 is 0 Å². The second-order valence-corrected chi connectivity index (χ2v) is 10.9. The molecule has 0 spiro atoms. The molecule has 3 aromatic rings. The summed E-state index contributed by atoms with van der Waals surface area (Å²) in [7, 11) is -3.98. The Balaban J connectivity index is 1.46. The Morgan fingerprint density at radius 1 is 1.24 bits per heavy atom. The molecule has 1 amide bonds. The highest BCUT2D eigenvalue weighted by Gasteiger charge is 2.33. The molecule has 2 aromatic carbocycles. The van der Waals surface area contributed by atoms with Crippen molar-refractivity contribution in [3.05, 3.63) is 64.6 Å². The van der Waals surface area contributed by atoms with E-state index in [2.05, 4.69) is 35.5 Å². The first-order chi connectivity index (χ1) is 16.1. The summed E-state index contributed by atoms with van der Waals surface area (Å²) < 4.78 is 34.4. The summed E-state index contributed by atoms with van der Waals surface area (Å²) in [4.78, 5) is 32.5. The van der Waals surface area contributed by atoms with Crippen molar-refractivity contribution in [2.45, 2.75) is 44.1 Å². The molecule has 2 N–H and O–H groups in total. The van der Waals surface area contributed by atoms with Gasteiger partial charge in [0.15, 0.2) is 0 Å². The summed E-state index contributed by atoms with van der Waals surface area (Å²) in [5.74, 6) is 0.346. The molecule has 9 nitrogen and oxygen atoms in total. The van der Waals surface area contributed by atoms with Crippen molar-refractivity contribution in [1.82, 2.24) is 14.9 Å². The Kier molecular flexibility index (Phi) is 6.46. The molecular formula is C24H28N4O5S. The number of H-pyrrole nitrogens is 1. The Hall–Kier alpha value is -3.24. The van der Waals surface area contributed by atoms with Gasteiger partial charge in [0.2, 0.25) is 0 Å². The highest BCUT2D eigenvalue weighted by atomic mass is 32.2. The largest absolute Gasteiger partial charge is 0.355 e. The Labute approximate surface area is 198 Å². The highest BCUT2D eigenvalue weighted by Crippen LogP contribution is 2.29. The van der Waals surface area contributed by atoms with Gasteiger partial charge in [0.05, 0.1) is 17.3 Å². The maximum atomic E-state index is 13.0. The molecule has 0 aliphatic carbocycles. The van der Waals surface area contributed by atoms with Gasteiger partial charge in [-0.1, -0.05) is 19.9 Å². The van der Waals surface area contributed by atoms with Gasteiger partial charge in [0.25, 0.3) is 21.5 Å². The lowest BCUT2D eigenvalue weighted by Gasteiger charge is -2.40. The molecule has 1 aromatic heterocycles. The van der Waals surface area contributed by atoms with Crippen LogP contribution in [0.2, 0.25) is 0 Å². The van der Waals surface area contributed by atoms with Gasteiger partial charge in [0.1, 0.15) is 17.1 Å². The number of hydrogen-bond acceptors (Lipinski definition) is 6. The number of hydrogen-bond donors (Lipinski definition) is 2. The van der Waals surface area contributed by atoms with Crippen LogP contribution in [0.5, 0.6) is 0 Å². The van der Waals surface area contributed by atoms with E-state index in [0.717, 1.165) is 19.0 Å². The summed E-state index contributed by atoms with van der Waals surface area (Å²) in [5.41, 5.74) is 0.594. The highest BCUT2D eigenvalue weighted by molar-refractivity contribution is 7.93. The third kappa shape index (κ3) is 5.13.